The van der Waals surface area contributed by atoms with Crippen LogP contribution in [-0.2, 0) is 11.3 Å². The zero-order valence-electron chi connectivity index (χ0n) is 14.3. The van der Waals surface area contributed by atoms with E-state index in [4.69, 9.17) is 11.6 Å². The summed E-state index contributed by atoms with van der Waals surface area (Å²) in [4.78, 5) is 28.3. The topological polar surface area (TPSA) is 64.0 Å². The van der Waals surface area contributed by atoms with Crippen molar-refractivity contribution >= 4 is 34.3 Å². The van der Waals surface area contributed by atoms with Crippen LogP contribution >= 0.6 is 11.6 Å². The highest BCUT2D eigenvalue weighted by Crippen LogP contribution is 2.13. The molecule has 0 saturated heterocycles. The molecule has 0 aliphatic carbocycles. The third-order valence-corrected chi connectivity index (χ3v) is 4.42. The Morgan fingerprint density at radius 1 is 1.08 bits per heavy atom. The van der Waals surface area contributed by atoms with Crippen molar-refractivity contribution in [3.8, 4) is 0 Å². The van der Waals surface area contributed by atoms with Gasteiger partial charge in [-0.15, -0.1) is 0 Å². The van der Waals surface area contributed by atoms with Crippen LogP contribution in [0.15, 0.2) is 54.9 Å². The summed E-state index contributed by atoms with van der Waals surface area (Å²) in [5, 5.41) is 4.56. The van der Waals surface area contributed by atoms with Crippen molar-refractivity contribution in [2.45, 2.75) is 25.8 Å². The van der Waals surface area contributed by atoms with Crippen LogP contribution in [0, 0.1) is 0 Å². The highest BCUT2D eigenvalue weighted by molar-refractivity contribution is 6.30. The van der Waals surface area contributed by atoms with Crippen molar-refractivity contribution < 1.29 is 9.59 Å². The van der Waals surface area contributed by atoms with Crippen LogP contribution in [0.3, 0.4) is 0 Å². The number of carbonyl (C=O) groups is 2. The second kappa shape index (κ2) is 8.63. The predicted octanol–water partition coefficient (Wildman–Crippen LogP) is 3.86. The molecule has 1 N–H and O–H groups in total. The SMILES string of the molecule is O=C(CCC(=O)c1ccc(Cl)cc1)NCCCn1ccc2cccnc21. The van der Waals surface area contributed by atoms with E-state index in [1.807, 2.05) is 24.4 Å². The molecule has 6 heteroatoms. The normalized spacial score (nSPS) is 10.8. The van der Waals surface area contributed by atoms with E-state index in [-0.39, 0.29) is 24.5 Å². The number of pyridine rings is 1. The van der Waals surface area contributed by atoms with E-state index in [1.54, 1.807) is 30.5 Å². The van der Waals surface area contributed by atoms with Gasteiger partial charge in [0.15, 0.2) is 5.78 Å². The number of rotatable bonds is 8. The molecule has 134 valence electrons. The fourth-order valence-electron chi connectivity index (χ4n) is 2.77. The molecule has 0 bridgehead atoms. The number of nitrogens with zero attached hydrogens (tertiary/aromatic N) is 2. The Morgan fingerprint density at radius 2 is 1.88 bits per heavy atom. The molecule has 1 amide bonds. The Balaban J connectivity index is 1.38. The number of halogens is 1. The molecule has 0 aliphatic rings. The largest absolute Gasteiger partial charge is 0.356 e. The van der Waals surface area contributed by atoms with Crippen molar-refractivity contribution in [1.82, 2.24) is 14.9 Å². The number of aromatic nitrogens is 2. The number of hydrogen-bond donors (Lipinski definition) is 1. The van der Waals surface area contributed by atoms with Gasteiger partial charge in [0, 0.05) is 54.3 Å². The van der Waals surface area contributed by atoms with Gasteiger partial charge in [-0.2, -0.15) is 0 Å². The van der Waals surface area contributed by atoms with Crippen LogP contribution in [-0.4, -0.2) is 27.8 Å². The van der Waals surface area contributed by atoms with E-state index < -0.39 is 0 Å². The fourth-order valence-corrected chi connectivity index (χ4v) is 2.90. The van der Waals surface area contributed by atoms with Crippen LogP contribution in [0.1, 0.15) is 29.6 Å². The lowest BCUT2D eigenvalue weighted by atomic mass is 10.1. The van der Waals surface area contributed by atoms with E-state index in [0.717, 1.165) is 24.0 Å². The Bertz CT molecular complexity index is 903. The Labute approximate surface area is 157 Å². The Kier molecular flexibility index (Phi) is 6.02. The van der Waals surface area contributed by atoms with E-state index in [2.05, 4.69) is 14.9 Å². The first-order valence-corrected chi connectivity index (χ1v) is 8.96. The quantitative estimate of drug-likeness (QED) is 0.484. The van der Waals surface area contributed by atoms with E-state index in [1.165, 1.54) is 0 Å². The molecule has 2 aromatic heterocycles. The second-order valence-corrected chi connectivity index (χ2v) is 6.50. The van der Waals surface area contributed by atoms with Gasteiger partial charge in [0.1, 0.15) is 5.65 Å². The van der Waals surface area contributed by atoms with Gasteiger partial charge in [-0.25, -0.2) is 4.98 Å². The van der Waals surface area contributed by atoms with E-state index >= 15 is 0 Å². The molecule has 3 rings (SSSR count). The van der Waals surface area contributed by atoms with Crippen molar-refractivity contribution in [1.29, 1.82) is 0 Å². The molecule has 26 heavy (non-hydrogen) atoms. The molecule has 0 spiro atoms. The predicted molar refractivity (Wildman–Crippen MR) is 102 cm³/mol. The van der Waals surface area contributed by atoms with E-state index in [0.29, 0.717) is 17.1 Å². The summed E-state index contributed by atoms with van der Waals surface area (Å²) in [7, 11) is 0. The van der Waals surface area contributed by atoms with Gasteiger partial charge in [-0.05, 0) is 48.9 Å². The lowest BCUT2D eigenvalue weighted by molar-refractivity contribution is -0.121. The van der Waals surface area contributed by atoms with Crippen molar-refractivity contribution in [2.75, 3.05) is 6.54 Å². The maximum Gasteiger partial charge on any atom is 0.220 e. The molecule has 3 aromatic rings. The van der Waals surface area contributed by atoms with Crippen LogP contribution in [0.4, 0.5) is 0 Å². The molecule has 2 heterocycles. The molecule has 0 fully saturated rings. The van der Waals surface area contributed by atoms with Crippen LogP contribution in [0.25, 0.3) is 11.0 Å². The Hall–Kier alpha value is -2.66. The molecule has 5 nitrogen and oxygen atoms in total. The summed E-state index contributed by atoms with van der Waals surface area (Å²) < 4.78 is 2.07. The third-order valence-electron chi connectivity index (χ3n) is 4.17. The minimum Gasteiger partial charge on any atom is -0.356 e. The molecule has 0 radical (unpaired) electrons. The monoisotopic (exact) mass is 369 g/mol. The van der Waals surface area contributed by atoms with Crippen LogP contribution < -0.4 is 5.32 Å². The zero-order valence-corrected chi connectivity index (χ0v) is 15.1. The lowest BCUT2D eigenvalue weighted by Gasteiger charge is -2.07. The number of ketones is 1. The smallest absolute Gasteiger partial charge is 0.220 e. The first-order chi connectivity index (χ1) is 12.6. The standard InChI is InChI=1S/C20H20ClN3O2/c21-17-6-4-15(5-7-17)18(25)8-9-19(26)22-12-2-13-24-14-10-16-3-1-11-23-20(16)24/h1,3-7,10-11,14H,2,8-9,12-13H2,(H,22,26). The Morgan fingerprint density at radius 3 is 2.69 bits per heavy atom. The van der Waals surface area contributed by atoms with Gasteiger partial charge < -0.3 is 9.88 Å². The molecule has 1 aromatic carbocycles. The van der Waals surface area contributed by atoms with Crippen molar-refractivity contribution in [2.24, 2.45) is 0 Å². The van der Waals surface area contributed by atoms with Crippen LogP contribution in [0.5, 0.6) is 0 Å². The minimum absolute atomic E-state index is 0.0540. The fraction of sp³-hybridized carbons (Fsp3) is 0.250. The molecular formula is C20H20ClN3O2. The highest BCUT2D eigenvalue weighted by atomic mass is 35.5. The first-order valence-electron chi connectivity index (χ1n) is 8.59. The number of benzene rings is 1. The number of aryl methyl sites for hydroxylation is 1. The average Bonchev–Trinajstić information content (AvgIpc) is 3.07. The average molecular weight is 370 g/mol. The number of nitrogens with one attached hydrogen (secondary N) is 1. The molecule has 0 unspecified atom stereocenters. The number of amides is 1. The van der Waals surface area contributed by atoms with Crippen molar-refractivity contribution in [3.05, 3.63) is 65.4 Å². The molecular weight excluding hydrogens is 350 g/mol. The maximum absolute atomic E-state index is 12.0. The van der Waals surface area contributed by atoms with Crippen molar-refractivity contribution in [3.63, 3.8) is 0 Å². The van der Waals surface area contributed by atoms with Gasteiger partial charge in [-0.3, -0.25) is 9.59 Å². The lowest BCUT2D eigenvalue weighted by Crippen LogP contribution is -2.25. The second-order valence-electron chi connectivity index (χ2n) is 6.06. The van der Waals surface area contributed by atoms with E-state index in [9.17, 15) is 9.59 Å². The minimum atomic E-state index is -0.109. The summed E-state index contributed by atoms with van der Waals surface area (Å²) in [6.07, 6.45) is 4.97. The summed E-state index contributed by atoms with van der Waals surface area (Å²) in [6, 6.07) is 12.7. The molecule has 0 aliphatic heterocycles. The summed E-state index contributed by atoms with van der Waals surface area (Å²) in [5.74, 6) is -0.162. The van der Waals surface area contributed by atoms with Crippen LogP contribution in [0.2, 0.25) is 5.02 Å². The first kappa shape index (κ1) is 18.1. The van der Waals surface area contributed by atoms with Gasteiger partial charge in [0.25, 0.3) is 0 Å². The number of Topliss-reactive ketones (excluding diaryl/α,β-unsaturated/α-hetero) is 1. The third kappa shape index (κ3) is 4.70. The number of hydrogen-bond acceptors (Lipinski definition) is 3. The molecule has 0 atom stereocenters. The summed E-state index contributed by atoms with van der Waals surface area (Å²) >= 11 is 5.80. The summed E-state index contributed by atoms with van der Waals surface area (Å²) in [5.41, 5.74) is 1.53. The van der Waals surface area contributed by atoms with Gasteiger partial charge in [0.2, 0.25) is 5.91 Å². The number of fused-ring (bicyclic) bond motifs is 1. The number of carbonyl (C=O) groups excluding carboxylic acids is 2. The van der Waals surface area contributed by atoms with Gasteiger partial charge in [-0.1, -0.05) is 11.6 Å². The molecule has 0 saturated carbocycles. The zero-order chi connectivity index (χ0) is 18.4. The summed E-state index contributed by atoms with van der Waals surface area (Å²) in [6.45, 7) is 1.35. The maximum atomic E-state index is 12.0. The van der Waals surface area contributed by atoms with Gasteiger partial charge in [0.05, 0.1) is 0 Å². The van der Waals surface area contributed by atoms with Gasteiger partial charge >= 0.3 is 0 Å². The highest BCUT2D eigenvalue weighted by Gasteiger charge is 2.09.